The predicted octanol–water partition coefficient (Wildman–Crippen LogP) is -6.39. The normalized spacial score (nSPS) is 47.9. The van der Waals surface area contributed by atoms with E-state index in [1.165, 1.54) is 20.8 Å². The van der Waals surface area contributed by atoms with Crippen LogP contribution in [-0.4, -0.2) is 180 Å². The van der Waals surface area contributed by atoms with Gasteiger partial charge in [-0.1, -0.05) is 0 Å². The molecule has 0 radical (unpaired) electrons. The molecule has 11 N–H and O–H groups in total. The Morgan fingerprint density at radius 1 is 0.650 bits per heavy atom. The summed E-state index contributed by atoms with van der Waals surface area (Å²) in [5, 5.41) is 112. The van der Waals surface area contributed by atoms with E-state index < -0.39 is 124 Å². The van der Waals surface area contributed by atoms with Crippen molar-refractivity contribution in [1.29, 1.82) is 0 Å². The highest BCUT2D eigenvalue weighted by Crippen LogP contribution is 2.30. The van der Waals surface area contributed by atoms with Crippen molar-refractivity contribution in [2.24, 2.45) is 0 Å². The molecule has 0 unspecified atom stereocenters. The van der Waals surface area contributed by atoms with Crippen LogP contribution in [-0.2, 0) is 28.4 Å². The molecular formula is C23H42O17. The molecule has 17 heteroatoms. The lowest BCUT2D eigenvalue weighted by Gasteiger charge is -2.45. The lowest BCUT2D eigenvalue weighted by atomic mass is 9.98. The molecule has 0 aromatic rings. The minimum absolute atomic E-state index is 0.449. The number of hydrogen-bond acceptors (Lipinski definition) is 17. The molecule has 3 aliphatic rings. The van der Waals surface area contributed by atoms with Gasteiger partial charge in [-0.2, -0.15) is 0 Å². The smallest absolute Gasteiger partial charge is 0.187 e. The molecule has 3 heterocycles. The fraction of sp³-hybridized carbons (Fsp3) is 1.00. The molecule has 3 rings (SSSR count). The van der Waals surface area contributed by atoms with Crippen molar-refractivity contribution in [3.8, 4) is 0 Å². The molecule has 17 nitrogen and oxygen atoms in total. The van der Waals surface area contributed by atoms with E-state index in [0.29, 0.717) is 0 Å². The molecule has 0 aromatic carbocycles. The van der Waals surface area contributed by atoms with Crippen LogP contribution in [0.2, 0.25) is 0 Å². The fourth-order valence-electron chi connectivity index (χ4n) is 4.70. The van der Waals surface area contributed by atoms with Gasteiger partial charge in [-0.3, -0.25) is 0 Å². The molecule has 0 aliphatic carbocycles. The van der Waals surface area contributed by atoms with Gasteiger partial charge in [0.25, 0.3) is 0 Å². The average Bonchev–Trinajstić information content (AvgIpc) is 2.92. The first-order chi connectivity index (χ1) is 18.7. The Kier molecular flexibility index (Phi) is 12.0. The van der Waals surface area contributed by atoms with Gasteiger partial charge in [-0.25, -0.2) is 0 Å². The maximum atomic E-state index is 10.7. The van der Waals surface area contributed by atoms with Crippen LogP contribution in [0, 0.1) is 0 Å². The average molecular weight is 591 g/mol. The zero-order chi connectivity index (χ0) is 30.0. The number of aliphatic hydroxyl groups is 11. The summed E-state index contributed by atoms with van der Waals surface area (Å²) in [4.78, 5) is 0. The van der Waals surface area contributed by atoms with Gasteiger partial charge in [0.15, 0.2) is 18.9 Å². The third kappa shape index (κ3) is 7.26. The number of hydrogen-bond donors (Lipinski definition) is 11. The summed E-state index contributed by atoms with van der Waals surface area (Å²) in [7, 11) is 0. The fourth-order valence-corrected chi connectivity index (χ4v) is 4.70. The van der Waals surface area contributed by atoms with Crippen LogP contribution in [0.5, 0.6) is 0 Å². The molecule has 18 atom stereocenters. The Balaban J connectivity index is 1.69. The summed E-state index contributed by atoms with van der Waals surface area (Å²) in [6, 6.07) is 0. The van der Waals surface area contributed by atoms with Crippen molar-refractivity contribution in [3.63, 3.8) is 0 Å². The van der Waals surface area contributed by atoms with Crippen LogP contribution in [0.3, 0.4) is 0 Å². The van der Waals surface area contributed by atoms with Gasteiger partial charge in [-0.05, 0) is 20.8 Å². The molecule has 0 saturated carbocycles. The van der Waals surface area contributed by atoms with E-state index >= 15 is 0 Å². The first-order valence-electron chi connectivity index (χ1n) is 13.0. The van der Waals surface area contributed by atoms with Gasteiger partial charge in [0.05, 0.1) is 31.5 Å². The summed E-state index contributed by atoms with van der Waals surface area (Å²) in [5.74, 6) is 0. The van der Waals surface area contributed by atoms with Crippen molar-refractivity contribution in [3.05, 3.63) is 0 Å². The Bertz CT molecular complexity index is 776. The minimum Gasteiger partial charge on any atom is -0.394 e. The first-order valence-corrected chi connectivity index (χ1v) is 13.0. The van der Waals surface area contributed by atoms with Crippen molar-refractivity contribution in [2.75, 3.05) is 13.2 Å². The van der Waals surface area contributed by atoms with Crippen molar-refractivity contribution >= 4 is 0 Å². The quantitative estimate of drug-likeness (QED) is 0.113. The molecule has 40 heavy (non-hydrogen) atoms. The predicted molar refractivity (Wildman–Crippen MR) is 126 cm³/mol. The first kappa shape index (κ1) is 33.8. The third-order valence-electron chi connectivity index (χ3n) is 7.31. The lowest BCUT2D eigenvalue weighted by molar-refractivity contribution is -0.357. The molecule has 3 saturated heterocycles. The summed E-state index contributed by atoms with van der Waals surface area (Å²) in [5.41, 5.74) is 0. The molecule has 3 aliphatic heterocycles. The van der Waals surface area contributed by atoms with Gasteiger partial charge in [0.1, 0.15) is 73.2 Å². The Labute approximate surface area is 229 Å². The number of rotatable bonds is 10. The van der Waals surface area contributed by atoms with E-state index in [1.54, 1.807) is 0 Å². The van der Waals surface area contributed by atoms with E-state index in [1.807, 2.05) is 0 Å². The molecule has 236 valence electrons. The van der Waals surface area contributed by atoms with Crippen LogP contribution in [0.1, 0.15) is 20.8 Å². The van der Waals surface area contributed by atoms with Gasteiger partial charge in [-0.15, -0.1) is 0 Å². The second-order valence-electron chi connectivity index (χ2n) is 10.4. The van der Waals surface area contributed by atoms with Crippen LogP contribution >= 0.6 is 0 Å². The van der Waals surface area contributed by atoms with Crippen LogP contribution in [0.15, 0.2) is 0 Å². The van der Waals surface area contributed by atoms with Crippen molar-refractivity contribution in [1.82, 2.24) is 0 Å². The van der Waals surface area contributed by atoms with Crippen molar-refractivity contribution < 1.29 is 84.6 Å². The van der Waals surface area contributed by atoms with Crippen LogP contribution in [0.25, 0.3) is 0 Å². The summed E-state index contributed by atoms with van der Waals surface area (Å²) < 4.78 is 32.9. The Morgan fingerprint density at radius 3 is 1.65 bits per heavy atom. The summed E-state index contributed by atoms with van der Waals surface area (Å²) in [6.07, 6.45) is -27.6. The van der Waals surface area contributed by atoms with Gasteiger partial charge in [0, 0.05) is 0 Å². The van der Waals surface area contributed by atoms with Crippen LogP contribution < -0.4 is 0 Å². The van der Waals surface area contributed by atoms with E-state index in [0.717, 1.165) is 0 Å². The van der Waals surface area contributed by atoms with E-state index in [4.69, 9.17) is 28.4 Å². The monoisotopic (exact) mass is 590 g/mol. The zero-order valence-electron chi connectivity index (χ0n) is 22.2. The third-order valence-corrected chi connectivity index (χ3v) is 7.31. The summed E-state index contributed by atoms with van der Waals surface area (Å²) in [6.45, 7) is 2.69. The van der Waals surface area contributed by atoms with Crippen LogP contribution in [0.4, 0.5) is 0 Å². The Morgan fingerprint density at radius 2 is 1.12 bits per heavy atom. The maximum Gasteiger partial charge on any atom is 0.187 e. The Hall–Kier alpha value is -0.680. The van der Waals surface area contributed by atoms with Crippen molar-refractivity contribution in [2.45, 2.75) is 131 Å². The minimum atomic E-state index is -1.84. The molecule has 0 amide bonds. The highest BCUT2D eigenvalue weighted by Gasteiger charge is 2.50. The second-order valence-corrected chi connectivity index (χ2v) is 10.4. The molecule has 0 aromatic heterocycles. The topological polar surface area (TPSA) is 278 Å². The number of aliphatic hydroxyl groups excluding tert-OH is 11. The SMILES string of the molecule is C[C@H](O)[C@@H](O[C@@H]1OC[C@@H](O[C@H]2O[C@@H](C)[C@H](O)[C@@H](O)[C@H]2O)[C@H](O)[C@H]1O)[C@@H](O[C@@H]1O[C@@H](C)[C@H](O)[C@@H](O)[C@H]1O)[C@H](O)CO. The molecule has 0 spiro atoms. The summed E-state index contributed by atoms with van der Waals surface area (Å²) >= 11 is 0. The van der Waals surface area contributed by atoms with Gasteiger partial charge in [0.2, 0.25) is 0 Å². The molecular weight excluding hydrogens is 548 g/mol. The number of ether oxygens (including phenoxy) is 6. The van der Waals surface area contributed by atoms with E-state index in [9.17, 15) is 56.2 Å². The zero-order valence-corrected chi connectivity index (χ0v) is 22.2. The highest BCUT2D eigenvalue weighted by atomic mass is 16.8. The van der Waals surface area contributed by atoms with E-state index in [-0.39, 0.29) is 0 Å². The molecule has 0 bridgehead atoms. The standard InChI is InChI=1S/C23H42O17/c1-6(25)19(20(9(26)4-24)40-23-18(34)15(31)12(28)8(3)37-23)39-21-16(32)13(29)10(5-35-21)38-22-17(33)14(30)11(27)7(2)36-22/h6-34H,4-5H2,1-3H3/t6-,7-,8-,9+,10+,11-,12-,13-,14+,15+,16+,17+,18+,19+,20-,21-,22+,23-/m0/s1. The lowest BCUT2D eigenvalue weighted by Crippen LogP contribution is -2.63. The maximum absolute atomic E-state index is 10.7. The molecule has 3 fully saturated rings. The highest BCUT2D eigenvalue weighted by molar-refractivity contribution is 4.93. The van der Waals surface area contributed by atoms with Gasteiger partial charge < -0.3 is 84.6 Å². The largest absolute Gasteiger partial charge is 0.394 e. The second kappa shape index (κ2) is 14.2. The van der Waals surface area contributed by atoms with Gasteiger partial charge >= 0.3 is 0 Å². The van der Waals surface area contributed by atoms with E-state index in [2.05, 4.69) is 0 Å².